The molecule has 0 unspecified atom stereocenters. The van der Waals surface area contributed by atoms with Gasteiger partial charge in [-0.1, -0.05) is 38.1 Å². The van der Waals surface area contributed by atoms with Gasteiger partial charge in [0.2, 0.25) is 23.6 Å². The van der Waals surface area contributed by atoms with Crippen molar-refractivity contribution < 1.29 is 75.9 Å². The van der Waals surface area contributed by atoms with Crippen LogP contribution in [0.2, 0.25) is 0 Å². The van der Waals surface area contributed by atoms with Crippen LogP contribution in [0.1, 0.15) is 42.6 Å². The minimum absolute atomic E-state index is 0. The van der Waals surface area contributed by atoms with Gasteiger partial charge in [-0.2, -0.15) is 0 Å². The zero-order valence-corrected chi connectivity index (χ0v) is 37.3. The number of benzene rings is 2. The van der Waals surface area contributed by atoms with Crippen molar-refractivity contribution in [3.63, 3.8) is 0 Å². The molecule has 0 saturated carbocycles. The molecule has 25 heteroatoms. The molecule has 0 aliphatic carbocycles. The van der Waals surface area contributed by atoms with Crippen LogP contribution < -0.4 is 43.8 Å². The molecule has 0 aliphatic heterocycles. The Hall–Kier alpha value is -6.92. The summed E-state index contributed by atoms with van der Waals surface area (Å²) >= 11 is 0. The second kappa shape index (κ2) is 27.4. The summed E-state index contributed by atoms with van der Waals surface area (Å²) in [6.07, 6.45) is 2.14. The van der Waals surface area contributed by atoms with Gasteiger partial charge in [-0.25, -0.2) is 0 Å². The topological polar surface area (TPSA) is 387 Å². The second-order valence-electron chi connectivity index (χ2n) is 15.1. The van der Waals surface area contributed by atoms with E-state index in [1.54, 1.807) is 62.4 Å². The van der Waals surface area contributed by atoms with Gasteiger partial charge in [-0.3, -0.25) is 58.1 Å². The smallest absolute Gasteiger partial charge is 0.317 e. The van der Waals surface area contributed by atoms with Crippen molar-refractivity contribution in [3.05, 3.63) is 65.9 Å². The largest absolute Gasteiger partial charge is 0.480 e. The minimum atomic E-state index is -1.53. The molecule has 5 amide bonds. The van der Waals surface area contributed by atoms with Crippen molar-refractivity contribution in [3.8, 4) is 0 Å². The molecule has 1 aromatic heterocycles. The van der Waals surface area contributed by atoms with Gasteiger partial charge >= 0.3 is 17.9 Å². The molecule has 15 N–H and O–H groups in total. The average Bonchev–Trinajstić information content (AvgIpc) is 3.23. The number of carboxylic acids is 3. The number of amides is 5. The van der Waals surface area contributed by atoms with E-state index in [2.05, 4.69) is 36.6 Å². The van der Waals surface area contributed by atoms with E-state index in [0.29, 0.717) is 34.3 Å². The van der Waals surface area contributed by atoms with Crippen molar-refractivity contribution >= 4 is 75.7 Å². The first kappa shape index (κ1) is 55.2. The number of anilines is 2. The molecule has 0 radical (unpaired) electrons. The van der Waals surface area contributed by atoms with Crippen LogP contribution in [0.4, 0.5) is 11.4 Å². The number of carbonyl (C=O) groups is 8. The summed E-state index contributed by atoms with van der Waals surface area (Å²) in [6, 6.07) is 10.2. The van der Waals surface area contributed by atoms with Crippen LogP contribution in [0.5, 0.6) is 0 Å². The number of aromatic nitrogens is 1. The fraction of sp³-hybridized carbons (Fsp3) is 0.415. The Morgan fingerprint density at radius 3 is 1.91 bits per heavy atom. The summed E-state index contributed by atoms with van der Waals surface area (Å²) in [5.41, 5.74) is 18.8. The number of pyridine rings is 1. The Labute approximate surface area is 389 Å². The number of fused-ring (bicyclic) bond motifs is 1. The number of guanidine groups is 1. The van der Waals surface area contributed by atoms with Crippen molar-refractivity contribution in [1.29, 1.82) is 0 Å². The van der Waals surface area contributed by atoms with E-state index in [-0.39, 0.29) is 61.2 Å². The summed E-state index contributed by atoms with van der Waals surface area (Å²) in [6.45, 7) is -0.205. The molecular weight excluding hydrogens is 908 g/mol. The first-order valence-electron chi connectivity index (χ1n) is 20.3. The molecule has 0 spiro atoms. The molecular formula is C41H56FeN12O12. The number of hydrogen-bond acceptors (Lipinski definition) is 14. The minimum Gasteiger partial charge on any atom is -0.480 e. The van der Waals surface area contributed by atoms with Crippen LogP contribution in [0.3, 0.4) is 0 Å². The fourth-order valence-corrected chi connectivity index (χ4v) is 6.36. The monoisotopic (exact) mass is 964 g/mol. The molecule has 0 saturated heterocycles. The van der Waals surface area contributed by atoms with Crippen LogP contribution >= 0.6 is 0 Å². The molecule has 3 atom stereocenters. The number of nitrogens with two attached hydrogens (primary N) is 3. The molecule has 3 aromatic rings. The normalized spacial score (nSPS) is 12.3. The number of aliphatic hydroxyl groups is 1. The zero-order valence-electron chi connectivity index (χ0n) is 36.2. The van der Waals surface area contributed by atoms with Crippen molar-refractivity contribution in [2.24, 2.45) is 28.1 Å². The Morgan fingerprint density at radius 1 is 0.758 bits per heavy atom. The van der Waals surface area contributed by atoms with E-state index >= 15 is 0 Å². The Kier molecular flexibility index (Phi) is 22.9. The number of aliphatic carboxylic acids is 3. The zero-order chi connectivity index (χ0) is 48.2. The first-order valence-corrected chi connectivity index (χ1v) is 20.3. The van der Waals surface area contributed by atoms with E-state index in [1.807, 2.05) is 0 Å². The Balaban J connectivity index is 0.0000150. The van der Waals surface area contributed by atoms with Gasteiger partial charge in [0.1, 0.15) is 18.1 Å². The number of aliphatic hydroxyl groups excluding tert-OH is 1. The predicted octanol–water partition coefficient (Wildman–Crippen LogP) is -2.29. The fourth-order valence-electron chi connectivity index (χ4n) is 6.36. The van der Waals surface area contributed by atoms with Crippen LogP contribution in [-0.4, -0.2) is 159 Å². The van der Waals surface area contributed by atoms with E-state index in [9.17, 15) is 48.6 Å². The average molecular weight is 965 g/mol. The number of carbonyl (C=O) groups excluding carboxylic acids is 5. The van der Waals surface area contributed by atoms with E-state index in [1.165, 1.54) is 6.20 Å². The maximum atomic E-state index is 13.3. The molecule has 0 fully saturated rings. The molecule has 360 valence electrons. The van der Waals surface area contributed by atoms with Crippen LogP contribution in [0, 0.1) is 5.92 Å². The molecule has 24 nitrogen and oxygen atoms in total. The summed E-state index contributed by atoms with van der Waals surface area (Å²) in [4.78, 5) is 109. The molecule has 3 rings (SSSR count). The summed E-state index contributed by atoms with van der Waals surface area (Å²) in [7, 11) is 0. The van der Waals surface area contributed by atoms with Crippen molar-refractivity contribution in [2.75, 3.05) is 57.7 Å². The molecule has 0 aliphatic rings. The third-order valence-corrected chi connectivity index (χ3v) is 9.57. The third-order valence-electron chi connectivity index (χ3n) is 9.57. The molecule has 2 aromatic carbocycles. The van der Waals surface area contributed by atoms with E-state index < -0.39 is 104 Å². The van der Waals surface area contributed by atoms with Gasteiger partial charge < -0.3 is 64.2 Å². The van der Waals surface area contributed by atoms with E-state index in [0.717, 1.165) is 9.80 Å². The van der Waals surface area contributed by atoms with Gasteiger partial charge in [0.15, 0.2) is 5.96 Å². The number of nitrogens with one attached hydrogen (secondary N) is 5. The van der Waals surface area contributed by atoms with Crippen LogP contribution in [0.25, 0.3) is 10.9 Å². The van der Waals surface area contributed by atoms with Crippen molar-refractivity contribution in [1.82, 2.24) is 36.1 Å². The summed E-state index contributed by atoms with van der Waals surface area (Å²) in [5, 5.41) is 51.6. The van der Waals surface area contributed by atoms with E-state index in [4.69, 9.17) is 27.4 Å². The Morgan fingerprint density at radius 2 is 1.36 bits per heavy atom. The third kappa shape index (κ3) is 18.7. The van der Waals surface area contributed by atoms with Gasteiger partial charge in [-0.15, -0.1) is 0 Å². The molecule has 1 heterocycles. The van der Waals surface area contributed by atoms with Gasteiger partial charge in [0, 0.05) is 66.2 Å². The first-order chi connectivity index (χ1) is 30.8. The number of rotatable bonds is 28. The number of para-hydroxylation sites is 1. The number of aliphatic imine (C=N–C) groups is 1. The van der Waals surface area contributed by atoms with Crippen LogP contribution in [-0.2, 0) is 57.2 Å². The Bertz CT molecular complexity index is 2190. The number of primary amides is 1. The number of carboxylic acid groups (broad SMARTS) is 3. The SMILES string of the molecule is CC(C)[C@H](NC(=O)[C@H](CO)NC(=O)CN(CCN(CC(=O)O)CC(=O)O)CC(=O)O)C(=O)NCc1ccc(Nc2ccnc3c(C(=O)N[C@@H](CCCN=C(N)N)C(N)=O)cccc23)cc1.[Fe]. The molecule has 66 heavy (non-hydrogen) atoms. The molecule has 0 bridgehead atoms. The van der Waals surface area contributed by atoms with Gasteiger partial charge in [-0.05, 0) is 48.6 Å². The quantitative estimate of drug-likeness (QED) is 0.0158. The van der Waals surface area contributed by atoms with Gasteiger partial charge in [0.05, 0.1) is 43.9 Å². The summed E-state index contributed by atoms with van der Waals surface area (Å²) in [5.74, 6) is -8.09. The maximum absolute atomic E-state index is 13.3. The van der Waals surface area contributed by atoms with Crippen molar-refractivity contribution in [2.45, 2.75) is 51.4 Å². The summed E-state index contributed by atoms with van der Waals surface area (Å²) < 4.78 is 0. The second-order valence-corrected chi connectivity index (χ2v) is 15.1. The maximum Gasteiger partial charge on any atom is 0.317 e. The predicted molar refractivity (Wildman–Crippen MR) is 235 cm³/mol. The standard InChI is InChI=1S/C41H56N12O12.Fe/c1-23(2)35(51-39(64)30(22-54)49-31(55)18-52(19-32(56)57)15-16-53(20-33(58)59)21-34(60)61)40(65)47-17-24-8-10-25(11-9-24)48-28-12-14-45-36-26(28)5-3-6-27(36)38(63)50-29(37(42)62)7-4-13-46-41(43)44;/h3,5-6,8-12,14,23,29-30,35,54H,4,7,13,15-22H2,1-2H3,(H2,42,62)(H,45,48)(H,47,65)(H,49,55)(H,50,63)(H,51,64)(H,56,57)(H,58,59)(H,60,61)(H4,43,44,46);/t29-,30-,35-;/m0./s1. The van der Waals surface area contributed by atoms with Gasteiger partial charge in [0.25, 0.3) is 5.91 Å². The number of nitrogens with zero attached hydrogens (tertiary/aromatic N) is 4. The van der Waals surface area contributed by atoms with Crippen LogP contribution in [0.15, 0.2) is 59.7 Å². The number of hydrogen-bond donors (Lipinski definition) is 12.